The zero-order valence-corrected chi connectivity index (χ0v) is 12.3. The van der Waals surface area contributed by atoms with Crippen molar-refractivity contribution in [3.05, 3.63) is 46.6 Å². The maximum absolute atomic E-state index is 5.86. The van der Waals surface area contributed by atoms with E-state index in [1.807, 2.05) is 30.3 Å². The second kappa shape index (κ2) is 6.11. The molecule has 0 spiro atoms. The number of benzene rings is 1. The van der Waals surface area contributed by atoms with E-state index in [0.717, 1.165) is 26.6 Å². The summed E-state index contributed by atoms with van der Waals surface area (Å²) < 4.78 is 6.28. The van der Waals surface area contributed by atoms with Crippen molar-refractivity contribution in [1.29, 1.82) is 0 Å². The van der Waals surface area contributed by atoms with Gasteiger partial charge >= 0.3 is 0 Å². The van der Waals surface area contributed by atoms with E-state index in [4.69, 9.17) is 10.5 Å². The molecule has 18 heavy (non-hydrogen) atoms. The molecule has 1 aromatic carbocycles. The Morgan fingerprint density at radius 1 is 1.39 bits per heavy atom. The number of hydrogen-bond acceptors (Lipinski definition) is 4. The summed E-state index contributed by atoms with van der Waals surface area (Å²) >= 11 is 5.14. The van der Waals surface area contributed by atoms with Crippen LogP contribution >= 0.6 is 27.7 Å². The number of aromatic nitrogens is 1. The molecule has 0 saturated carbocycles. The monoisotopic (exact) mass is 324 g/mol. The fourth-order valence-corrected chi connectivity index (χ4v) is 2.93. The molecule has 5 heteroatoms. The summed E-state index contributed by atoms with van der Waals surface area (Å²) in [5.41, 5.74) is 7.73. The number of thioether (sulfide) groups is 1. The summed E-state index contributed by atoms with van der Waals surface area (Å²) in [5.74, 6) is 1.64. The van der Waals surface area contributed by atoms with E-state index in [9.17, 15) is 0 Å². The molecule has 1 heterocycles. The Bertz CT molecular complexity index is 548. The summed E-state index contributed by atoms with van der Waals surface area (Å²) in [6, 6.07) is 9.61. The maximum Gasteiger partial charge on any atom is 0.119 e. The summed E-state index contributed by atoms with van der Waals surface area (Å²) in [7, 11) is 1.66. The predicted octanol–water partition coefficient (Wildman–Crippen LogP) is 3.73. The number of pyridine rings is 1. The molecule has 0 radical (unpaired) electrons. The van der Waals surface area contributed by atoms with E-state index in [-0.39, 0.29) is 0 Å². The Balaban J connectivity index is 2.13. The lowest BCUT2D eigenvalue weighted by Crippen LogP contribution is -1.92. The third kappa shape index (κ3) is 3.17. The molecule has 0 fully saturated rings. The SMILES string of the molecule is COc1ccc(Br)c(CSc2ncccc2N)c1. The molecule has 2 rings (SSSR count). The van der Waals surface area contributed by atoms with E-state index in [2.05, 4.69) is 20.9 Å². The highest BCUT2D eigenvalue weighted by atomic mass is 79.9. The molecule has 94 valence electrons. The van der Waals surface area contributed by atoms with Crippen molar-refractivity contribution >= 4 is 33.4 Å². The van der Waals surface area contributed by atoms with Crippen molar-refractivity contribution in [2.45, 2.75) is 10.8 Å². The standard InChI is InChI=1S/C13H13BrN2OS/c1-17-10-4-5-11(14)9(7-10)8-18-13-12(15)3-2-6-16-13/h2-7H,8,15H2,1H3. The molecule has 2 N–H and O–H groups in total. The summed E-state index contributed by atoms with van der Waals surface area (Å²) in [4.78, 5) is 4.26. The number of nitrogen functional groups attached to an aromatic ring is 1. The van der Waals surface area contributed by atoms with Crippen LogP contribution in [0.4, 0.5) is 5.69 Å². The Morgan fingerprint density at radius 3 is 2.94 bits per heavy atom. The fourth-order valence-electron chi connectivity index (χ4n) is 1.46. The van der Waals surface area contributed by atoms with Crippen molar-refractivity contribution in [3.63, 3.8) is 0 Å². The van der Waals surface area contributed by atoms with Gasteiger partial charge in [0.15, 0.2) is 0 Å². The van der Waals surface area contributed by atoms with E-state index in [0.29, 0.717) is 5.69 Å². The lowest BCUT2D eigenvalue weighted by atomic mass is 10.2. The van der Waals surface area contributed by atoms with Gasteiger partial charge in [0.25, 0.3) is 0 Å². The van der Waals surface area contributed by atoms with Gasteiger partial charge in [0.2, 0.25) is 0 Å². The van der Waals surface area contributed by atoms with Crippen LogP contribution in [0.2, 0.25) is 0 Å². The Labute approximate surface area is 119 Å². The van der Waals surface area contributed by atoms with Crippen molar-refractivity contribution in [2.75, 3.05) is 12.8 Å². The van der Waals surface area contributed by atoms with Crippen molar-refractivity contribution in [3.8, 4) is 5.75 Å². The highest BCUT2D eigenvalue weighted by molar-refractivity contribution is 9.10. The third-order valence-electron chi connectivity index (χ3n) is 2.42. The first-order valence-corrected chi connectivity index (χ1v) is 7.14. The van der Waals surface area contributed by atoms with E-state index >= 15 is 0 Å². The molecule has 2 aromatic rings. The number of nitrogens with two attached hydrogens (primary N) is 1. The van der Waals surface area contributed by atoms with Crippen LogP contribution in [0, 0.1) is 0 Å². The van der Waals surface area contributed by atoms with Crippen LogP contribution in [0.15, 0.2) is 46.0 Å². The van der Waals surface area contributed by atoms with Gasteiger partial charge in [0, 0.05) is 16.4 Å². The molecule has 0 amide bonds. The maximum atomic E-state index is 5.86. The van der Waals surface area contributed by atoms with Crippen molar-refractivity contribution < 1.29 is 4.74 Å². The quantitative estimate of drug-likeness (QED) is 0.870. The van der Waals surface area contributed by atoms with Gasteiger partial charge in [-0.15, -0.1) is 0 Å². The van der Waals surface area contributed by atoms with Crippen LogP contribution in [-0.4, -0.2) is 12.1 Å². The van der Waals surface area contributed by atoms with Gasteiger partial charge in [-0.2, -0.15) is 0 Å². The van der Waals surface area contributed by atoms with Crippen LogP contribution < -0.4 is 10.5 Å². The average Bonchev–Trinajstić information content (AvgIpc) is 2.39. The minimum Gasteiger partial charge on any atom is -0.497 e. The third-order valence-corrected chi connectivity index (χ3v) is 4.26. The highest BCUT2D eigenvalue weighted by Gasteiger charge is 2.05. The Hall–Kier alpha value is -1.20. The second-order valence-corrected chi connectivity index (χ2v) is 5.46. The molecule has 0 aliphatic rings. The lowest BCUT2D eigenvalue weighted by molar-refractivity contribution is 0.414. The van der Waals surface area contributed by atoms with Crippen LogP contribution in [0.1, 0.15) is 5.56 Å². The number of hydrogen-bond donors (Lipinski definition) is 1. The smallest absolute Gasteiger partial charge is 0.119 e. The molecule has 0 unspecified atom stereocenters. The predicted molar refractivity (Wildman–Crippen MR) is 78.9 cm³/mol. The van der Waals surface area contributed by atoms with Gasteiger partial charge in [0.1, 0.15) is 10.8 Å². The topological polar surface area (TPSA) is 48.1 Å². The normalized spacial score (nSPS) is 10.3. The first-order valence-electron chi connectivity index (χ1n) is 5.36. The van der Waals surface area contributed by atoms with Gasteiger partial charge in [-0.05, 0) is 35.9 Å². The first kappa shape index (κ1) is 13.2. The minimum absolute atomic E-state index is 0.710. The molecule has 3 nitrogen and oxygen atoms in total. The first-order chi connectivity index (χ1) is 8.70. The van der Waals surface area contributed by atoms with Crippen LogP contribution in [-0.2, 0) is 5.75 Å². The molecule has 0 aliphatic heterocycles. The second-order valence-electron chi connectivity index (χ2n) is 3.64. The molecular formula is C13H13BrN2OS. The Kier molecular flexibility index (Phi) is 4.49. The Morgan fingerprint density at radius 2 is 2.22 bits per heavy atom. The van der Waals surface area contributed by atoms with Gasteiger partial charge in [-0.1, -0.05) is 27.7 Å². The van der Waals surface area contributed by atoms with Gasteiger partial charge in [-0.3, -0.25) is 0 Å². The molecule has 0 saturated heterocycles. The summed E-state index contributed by atoms with van der Waals surface area (Å²) in [6.45, 7) is 0. The molecule has 0 aliphatic carbocycles. The lowest BCUT2D eigenvalue weighted by Gasteiger charge is -2.08. The summed E-state index contributed by atoms with van der Waals surface area (Å²) in [6.07, 6.45) is 1.75. The van der Waals surface area contributed by atoms with Crippen molar-refractivity contribution in [2.24, 2.45) is 0 Å². The molecule has 1 aromatic heterocycles. The minimum atomic E-state index is 0.710. The van der Waals surface area contributed by atoms with Gasteiger partial charge in [0.05, 0.1) is 12.8 Å². The highest BCUT2D eigenvalue weighted by Crippen LogP contribution is 2.30. The molecule has 0 atom stereocenters. The van der Waals surface area contributed by atoms with Crippen molar-refractivity contribution in [1.82, 2.24) is 4.98 Å². The van der Waals surface area contributed by atoms with Crippen LogP contribution in [0.3, 0.4) is 0 Å². The number of nitrogens with zero attached hydrogens (tertiary/aromatic N) is 1. The van der Waals surface area contributed by atoms with E-state index in [1.165, 1.54) is 0 Å². The van der Waals surface area contributed by atoms with Crippen LogP contribution in [0.25, 0.3) is 0 Å². The van der Waals surface area contributed by atoms with Gasteiger partial charge in [-0.25, -0.2) is 4.98 Å². The largest absolute Gasteiger partial charge is 0.497 e. The van der Waals surface area contributed by atoms with E-state index in [1.54, 1.807) is 25.1 Å². The zero-order chi connectivity index (χ0) is 13.0. The van der Waals surface area contributed by atoms with Gasteiger partial charge < -0.3 is 10.5 Å². The van der Waals surface area contributed by atoms with E-state index < -0.39 is 0 Å². The zero-order valence-electron chi connectivity index (χ0n) is 9.89. The average molecular weight is 325 g/mol. The summed E-state index contributed by atoms with van der Waals surface area (Å²) in [5, 5.41) is 0.854. The number of rotatable bonds is 4. The van der Waals surface area contributed by atoms with Crippen LogP contribution in [0.5, 0.6) is 5.75 Å². The number of methoxy groups -OCH3 is 1. The molecule has 0 bridgehead atoms. The number of ether oxygens (including phenoxy) is 1. The number of halogens is 1. The number of anilines is 1. The molecular weight excluding hydrogens is 312 g/mol. The fraction of sp³-hybridized carbons (Fsp3) is 0.154.